The Hall–Kier alpha value is -0.920. The molecule has 1 rings (SSSR count). The number of aromatic nitrogens is 1. The Balaban J connectivity index is 2.41. The maximum absolute atomic E-state index is 8.87. The molecule has 0 saturated heterocycles. The molecule has 1 aromatic rings. The fourth-order valence-corrected chi connectivity index (χ4v) is 2.10. The van der Waals surface area contributed by atoms with Gasteiger partial charge in [0.15, 0.2) is 0 Å². The summed E-state index contributed by atoms with van der Waals surface area (Å²) in [5.74, 6) is 0.495. The van der Waals surface area contributed by atoms with Crippen LogP contribution in [0.2, 0.25) is 0 Å². The quantitative estimate of drug-likeness (QED) is 0.856. The van der Waals surface area contributed by atoms with E-state index in [4.69, 9.17) is 5.26 Å². The topological polar surface area (TPSA) is 48.7 Å². The smallest absolute Gasteiger partial charge is 0.0953 e. The summed E-state index contributed by atoms with van der Waals surface area (Å²) < 4.78 is 0. The van der Waals surface area contributed by atoms with Crippen LogP contribution in [0.1, 0.15) is 43.5 Å². The lowest BCUT2D eigenvalue weighted by Crippen LogP contribution is -2.27. The van der Waals surface area contributed by atoms with Gasteiger partial charge >= 0.3 is 0 Å². The second kappa shape index (κ2) is 5.42. The number of nitrogens with zero attached hydrogens (tertiary/aromatic N) is 2. The molecule has 0 unspecified atom stereocenters. The average molecular weight is 237 g/mol. The molecule has 0 aliphatic heterocycles. The van der Waals surface area contributed by atoms with Gasteiger partial charge in [0.1, 0.15) is 0 Å². The first kappa shape index (κ1) is 13.1. The van der Waals surface area contributed by atoms with Crippen LogP contribution < -0.4 is 5.32 Å². The summed E-state index contributed by atoms with van der Waals surface area (Å²) in [6.07, 6.45) is 1.92. The molecule has 0 fully saturated rings. The zero-order valence-electron chi connectivity index (χ0n) is 10.4. The predicted octanol–water partition coefficient (Wildman–Crippen LogP) is 2.91. The molecule has 0 aliphatic carbocycles. The van der Waals surface area contributed by atoms with Crippen LogP contribution in [0.5, 0.6) is 0 Å². The Bertz CT molecular complexity index is 374. The molecule has 0 radical (unpaired) electrons. The summed E-state index contributed by atoms with van der Waals surface area (Å²) in [6.45, 7) is 9.68. The molecule has 16 heavy (non-hydrogen) atoms. The van der Waals surface area contributed by atoms with E-state index in [0.717, 1.165) is 6.54 Å². The molecule has 88 valence electrons. The number of nitriles is 1. The fourth-order valence-electron chi connectivity index (χ4n) is 1.21. The van der Waals surface area contributed by atoms with Crippen LogP contribution in [0.15, 0.2) is 6.20 Å². The highest BCUT2D eigenvalue weighted by Gasteiger charge is 2.15. The van der Waals surface area contributed by atoms with Gasteiger partial charge in [-0.2, -0.15) is 5.26 Å². The minimum absolute atomic E-state index is 0.300. The third-order valence-electron chi connectivity index (χ3n) is 2.23. The van der Waals surface area contributed by atoms with Crippen LogP contribution >= 0.6 is 11.3 Å². The SMILES string of the molecule is CC(C)c1ncc(CNCC(C)(C)C#N)s1. The monoisotopic (exact) mass is 237 g/mol. The van der Waals surface area contributed by atoms with Crippen molar-refractivity contribution in [2.75, 3.05) is 6.54 Å². The molecule has 0 spiro atoms. The van der Waals surface area contributed by atoms with Crippen LogP contribution in [0.3, 0.4) is 0 Å². The van der Waals surface area contributed by atoms with Crippen molar-refractivity contribution >= 4 is 11.3 Å². The van der Waals surface area contributed by atoms with Crippen molar-refractivity contribution in [3.63, 3.8) is 0 Å². The second-order valence-corrected chi connectivity index (χ2v) is 6.07. The zero-order valence-corrected chi connectivity index (χ0v) is 11.2. The lowest BCUT2D eigenvalue weighted by Gasteiger charge is -2.14. The fraction of sp³-hybridized carbons (Fsp3) is 0.667. The van der Waals surface area contributed by atoms with Crippen LogP contribution in [-0.2, 0) is 6.54 Å². The first-order valence-electron chi connectivity index (χ1n) is 5.51. The molecule has 0 bridgehead atoms. The maximum Gasteiger partial charge on any atom is 0.0953 e. The highest BCUT2D eigenvalue weighted by molar-refractivity contribution is 7.11. The van der Waals surface area contributed by atoms with Crippen LogP contribution in [0.4, 0.5) is 0 Å². The van der Waals surface area contributed by atoms with Gasteiger partial charge in [-0.25, -0.2) is 4.98 Å². The third kappa shape index (κ3) is 3.92. The molecule has 1 heterocycles. The molecule has 0 aliphatic rings. The van der Waals surface area contributed by atoms with Crippen molar-refractivity contribution in [2.45, 2.75) is 40.2 Å². The Labute approximate surface area is 102 Å². The molecule has 4 heteroatoms. The highest BCUT2D eigenvalue weighted by Crippen LogP contribution is 2.21. The van der Waals surface area contributed by atoms with Gasteiger partial charge in [0.25, 0.3) is 0 Å². The van der Waals surface area contributed by atoms with E-state index in [1.165, 1.54) is 9.88 Å². The lowest BCUT2D eigenvalue weighted by molar-refractivity contribution is 0.446. The number of nitrogens with one attached hydrogen (secondary N) is 1. The first-order chi connectivity index (χ1) is 7.44. The first-order valence-corrected chi connectivity index (χ1v) is 6.33. The lowest BCUT2D eigenvalue weighted by atomic mass is 9.96. The Morgan fingerprint density at radius 1 is 1.56 bits per heavy atom. The second-order valence-electron chi connectivity index (χ2n) is 4.92. The Kier molecular flexibility index (Phi) is 4.45. The standard InChI is InChI=1S/C12H19N3S/c1-9(2)11-15-6-10(16-11)5-14-8-12(3,4)7-13/h6,9,14H,5,8H2,1-4H3. The summed E-state index contributed by atoms with van der Waals surface area (Å²) in [5, 5.41) is 13.3. The van der Waals surface area contributed by atoms with Gasteiger partial charge < -0.3 is 5.32 Å². The van der Waals surface area contributed by atoms with Gasteiger partial charge in [-0.3, -0.25) is 0 Å². The molecular weight excluding hydrogens is 218 g/mol. The number of hydrogen-bond donors (Lipinski definition) is 1. The van der Waals surface area contributed by atoms with E-state index < -0.39 is 0 Å². The molecule has 1 aromatic heterocycles. The minimum Gasteiger partial charge on any atom is -0.310 e. The number of hydrogen-bond acceptors (Lipinski definition) is 4. The van der Waals surface area contributed by atoms with Crippen LogP contribution in [0, 0.1) is 16.7 Å². The zero-order chi connectivity index (χ0) is 12.2. The molecule has 1 N–H and O–H groups in total. The summed E-state index contributed by atoms with van der Waals surface area (Å²) in [5.41, 5.74) is -0.300. The summed E-state index contributed by atoms with van der Waals surface area (Å²) in [6, 6.07) is 2.28. The van der Waals surface area contributed by atoms with E-state index >= 15 is 0 Å². The normalized spacial score (nSPS) is 11.8. The van der Waals surface area contributed by atoms with Crippen molar-refractivity contribution in [3.05, 3.63) is 16.1 Å². The van der Waals surface area contributed by atoms with Crippen molar-refractivity contribution in [1.29, 1.82) is 5.26 Å². The molecule has 0 atom stereocenters. The van der Waals surface area contributed by atoms with E-state index in [1.54, 1.807) is 11.3 Å². The van der Waals surface area contributed by atoms with Gasteiger partial charge in [-0.15, -0.1) is 11.3 Å². The van der Waals surface area contributed by atoms with E-state index in [1.807, 2.05) is 20.0 Å². The number of thiazole rings is 1. The van der Waals surface area contributed by atoms with Crippen molar-refractivity contribution < 1.29 is 0 Å². The predicted molar refractivity (Wildman–Crippen MR) is 67.3 cm³/mol. The largest absolute Gasteiger partial charge is 0.310 e. The van der Waals surface area contributed by atoms with Gasteiger partial charge in [0.2, 0.25) is 0 Å². The third-order valence-corrected chi connectivity index (χ3v) is 3.53. The summed E-state index contributed by atoms with van der Waals surface area (Å²) in [4.78, 5) is 5.60. The van der Waals surface area contributed by atoms with Gasteiger partial charge in [-0.1, -0.05) is 13.8 Å². The highest BCUT2D eigenvalue weighted by atomic mass is 32.1. The van der Waals surface area contributed by atoms with Gasteiger partial charge in [0, 0.05) is 30.1 Å². The summed E-state index contributed by atoms with van der Waals surface area (Å²) >= 11 is 1.74. The van der Waals surface area contributed by atoms with Crippen molar-refractivity contribution in [1.82, 2.24) is 10.3 Å². The van der Waals surface area contributed by atoms with Crippen molar-refractivity contribution in [2.24, 2.45) is 5.41 Å². The Morgan fingerprint density at radius 3 is 2.75 bits per heavy atom. The van der Waals surface area contributed by atoms with Crippen molar-refractivity contribution in [3.8, 4) is 6.07 Å². The number of rotatable bonds is 5. The molecular formula is C12H19N3S. The molecule has 0 aromatic carbocycles. The van der Waals surface area contributed by atoms with E-state index in [2.05, 4.69) is 30.2 Å². The van der Waals surface area contributed by atoms with Crippen LogP contribution in [-0.4, -0.2) is 11.5 Å². The van der Waals surface area contributed by atoms with E-state index in [0.29, 0.717) is 12.5 Å². The summed E-state index contributed by atoms with van der Waals surface area (Å²) in [7, 11) is 0. The van der Waals surface area contributed by atoms with Gasteiger partial charge in [-0.05, 0) is 13.8 Å². The van der Waals surface area contributed by atoms with Gasteiger partial charge in [0.05, 0.1) is 16.5 Å². The Morgan fingerprint density at radius 2 is 2.25 bits per heavy atom. The van der Waals surface area contributed by atoms with E-state index in [-0.39, 0.29) is 5.41 Å². The average Bonchev–Trinajstić information content (AvgIpc) is 2.66. The minimum atomic E-state index is -0.300. The molecule has 0 saturated carbocycles. The maximum atomic E-state index is 8.87. The van der Waals surface area contributed by atoms with E-state index in [9.17, 15) is 0 Å². The van der Waals surface area contributed by atoms with Crippen LogP contribution in [0.25, 0.3) is 0 Å². The molecule has 0 amide bonds. The molecule has 3 nitrogen and oxygen atoms in total.